The number of phenolic OH excluding ortho intramolecular Hbond substituents is 2. The van der Waals surface area contributed by atoms with Gasteiger partial charge >= 0.3 is 5.97 Å². The maximum atomic E-state index is 13.0. The first kappa shape index (κ1) is 31.7. The van der Waals surface area contributed by atoms with Crippen LogP contribution in [0.3, 0.4) is 0 Å². The second-order valence-electron chi connectivity index (χ2n) is 10.2. The van der Waals surface area contributed by atoms with Crippen molar-refractivity contribution in [3.8, 4) is 11.5 Å². The number of oxime groups is 1. The number of carbonyl (C=O) groups excluding carboxylic acids is 3. The summed E-state index contributed by atoms with van der Waals surface area (Å²) in [5.41, 5.74) is 0.600. The van der Waals surface area contributed by atoms with E-state index in [2.05, 4.69) is 10.5 Å². The molecule has 1 saturated heterocycles. The minimum absolute atomic E-state index is 0.0211. The van der Waals surface area contributed by atoms with Gasteiger partial charge in [0.15, 0.2) is 6.61 Å². The van der Waals surface area contributed by atoms with E-state index in [-0.39, 0.29) is 42.3 Å². The van der Waals surface area contributed by atoms with E-state index in [1.165, 1.54) is 13.0 Å². The average molecular weight is 572 g/mol. The summed E-state index contributed by atoms with van der Waals surface area (Å²) in [5, 5.41) is 27.6. The zero-order chi connectivity index (χ0) is 29.6. The van der Waals surface area contributed by atoms with Gasteiger partial charge in [-0.3, -0.25) is 9.59 Å². The molecule has 3 rings (SSSR count). The van der Waals surface area contributed by atoms with Crippen molar-refractivity contribution < 1.29 is 38.9 Å². The van der Waals surface area contributed by atoms with E-state index in [0.717, 1.165) is 25.3 Å². The van der Waals surface area contributed by atoms with Crippen molar-refractivity contribution in [2.24, 2.45) is 5.16 Å². The molecule has 0 aromatic heterocycles. The Labute approximate surface area is 240 Å². The number of hydrogen-bond acceptors (Lipinski definition) is 9. The lowest BCUT2D eigenvalue weighted by atomic mass is 9.99. The third kappa shape index (κ3) is 10.9. The summed E-state index contributed by atoms with van der Waals surface area (Å²) in [4.78, 5) is 43.9. The highest BCUT2D eigenvalue weighted by atomic mass is 16.6. The maximum absolute atomic E-state index is 13.0. The van der Waals surface area contributed by atoms with Crippen LogP contribution in [0.5, 0.6) is 11.5 Å². The number of nitrogens with zero attached hydrogens (tertiary/aromatic N) is 2. The molecule has 224 valence electrons. The molecule has 1 aromatic rings. The van der Waals surface area contributed by atoms with E-state index in [1.807, 2.05) is 18.2 Å². The van der Waals surface area contributed by atoms with Gasteiger partial charge in [0.1, 0.15) is 23.2 Å². The molecule has 1 aromatic carbocycles. The number of amides is 2. The van der Waals surface area contributed by atoms with Crippen molar-refractivity contribution >= 4 is 23.5 Å². The van der Waals surface area contributed by atoms with Gasteiger partial charge < -0.3 is 34.7 Å². The Kier molecular flexibility index (Phi) is 12.7. The van der Waals surface area contributed by atoms with Crippen LogP contribution in [0, 0.1) is 0 Å². The zero-order valence-electron chi connectivity index (χ0n) is 23.8. The Hall–Kier alpha value is -3.86. The molecule has 2 heterocycles. The smallest absolute Gasteiger partial charge is 0.342 e. The summed E-state index contributed by atoms with van der Waals surface area (Å²) in [6.45, 7) is 5.33. The number of nitrogens with one attached hydrogen (secondary N) is 1. The van der Waals surface area contributed by atoms with Gasteiger partial charge in [0, 0.05) is 52.1 Å². The van der Waals surface area contributed by atoms with E-state index in [9.17, 15) is 24.6 Å². The predicted molar refractivity (Wildman–Crippen MR) is 153 cm³/mol. The van der Waals surface area contributed by atoms with E-state index in [0.29, 0.717) is 56.8 Å². The lowest BCUT2D eigenvalue weighted by Crippen LogP contribution is -2.37. The summed E-state index contributed by atoms with van der Waals surface area (Å²) in [6.07, 6.45) is 11.2. The third-order valence-electron chi connectivity index (χ3n) is 6.67. The number of allylic oxidation sites excluding steroid dienone is 1. The number of carbonyl (C=O) groups is 3. The van der Waals surface area contributed by atoms with Crippen molar-refractivity contribution in [1.82, 2.24) is 10.2 Å². The zero-order valence-corrected chi connectivity index (χ0v) is 23.8. The van der Waals surface area contributed by atoms with Crippen molar-refractivity contribution in [2.75, 3.05) is 32.8 Å². The molecule has 11 heteroatoms. The monoisotopic (exact) mass is 571 g/mol. The lowest BCUT2D eigenvalue weighted by Gasteiger charge is -2.26. The Morgan fingerprint density at radius 1 is 1.15 bits per heavy atom. The van der Waals surface area contributed by atoms with E-state index >= 15 is 0 Å². The molecule has 0 bridgehead atoms. The largest absolute Gasteiger partial charge is 0.508 e. The first-order valence-electron chi connectivity index (χ1n) is 14.1. The predicted octanol–water partition coefficient (Wildman–Crippen LogP) is 3.39. The van der Waals surface area contributed by atoms with E-state index in [4.69, 9.17) is 14.3 Å². The molecule has 11 nitrogen and oxygen atoms in total. The first-order chi connectivity index (χ1) is 19.7. The van der Waals surface area contributed by atoms with Crippen LogP contribution >= 0.6 is 0 Å². The van der Waals surface area contributed by atoms with E-state index < -0.39 is 17.8 Å². The fraction of sp³-hybridized carbons (Fsp3) is 0.533. The Morgan fingerprint density at radius 3 is 2.68 bits per heavy atom. The SMILES string of the molecule is CC(=O)NCCCOC1/C=C/C[C@@H](C)OC(=O)c2c(O)cc(O)cc2CC(=N\OCC(=O)N2CCCCC2)/C=C/C1. The summed E-state index contributed by atoms with van der Waals surface area (Å²) < 4.78 is 11.6. The topological polar surface area (TPSA) is 147 Å². The summed E-state index contributed by atoms with van der Waals surface area (Å²) in [7, 11) is 0. The molecule has 2 atom stereocenters. The van der Waals surface area contributed by atoms with Gasteiger partial charge in [-0.05, 0) is 56.7 Å². The molecule has 3 N–H and O–H groups in total. The van der Waals surface area contributed by atoms with Crippen molar-refractivity contribution in [2.45, 2.75) is 71.0 Å². The molecule has 0 spiro atoms. The standard InChI is InChI=1S/C30H41N3O8/c1-21-9-6-11-26(39-16-8-13-31-22(2)34)12-7-10-24(32-40-20-28(37)33-14-4-3-5-15-33)17-23-18-25(35)19-27(36)29(23)30(38)41-21/h6-7,10-11,18-19,21,26,35-36H,3-5,8-9,12-17,20H2,1-2H3,(H,31,34)/b10-7+,11-6+,32-24-/t21-,26?/m1/s1. The van der Waals surface area contributed by atoms with Crippen LogP contribution in [0.25, 0.3) is 0 Å². The molecule has 2 aliphatic rings. The Balaban J connectivity index is 1.81. The van der Waals surface area contributed by atoms with Gasteiger partial charge in [-0.15, -0.1) is 0 Å². The fourth-order valence-corrected chi connectivity index (χ4v) is 4.59. The first-order valence-corrected chi connectivity index (χ1v) is 14.1. The third-order valence-corrected chi connectivity index (χ3v) is 6.67. The number of benzene rings is 1. The van der Waals surface area contributed by atoms with Gasteiger partial charge in [-0.25, -0.2) is 4.79 Å². The van der Waals surface area contributed by atoms with Crippen LogP contribution in [-0.2, 0) is 30.3 Å². The number of cyclic esters (lactones) is 1. The molecule has 2 aliphatic heterocycles. The summed E-state index contributed by atoms with van der Waals surface area (Å²) in [5.74, 6) is -1.60. The number of esters is 1. The van der Waals surface area contributed by atoms with Gasteiger partial charge in [0.25, 0.3) is 5.91 Å². The van der Waals surface area contributed by atoms with Crippen LogP contribution in [0.4, 0.5) is 0 Å². The molecule has 0 aliphatic carbocycles. The summed E-state index contributed by atoms with van der Waals surface area (Å²) in [6, 6.07) is 2.46. The lowest BCUT2D eigenvalue weighted by molar-refractivity contribution is -0.137. The second kappa shape index (κ2) is 16.4. The number of hydrogen-bond donors (Lipinski definition) is 3. The summed E-state index contributed by atoms with van der Waals surface area (Å²) >= 11 is 0. The number of rotatable bonds is 8. The van der Waals surface area contributed by atoms with E-state index in [1.54, 1.807) is 17.9 Å². The Bertz CT molecular complexity index is 1140. The normalized spacial score (nSPS) is 22.6. The highest BCUT2D eigenvalue weighted by Gasteiger charge is 2.23. The van der Waals surface area contributed by atoms with Gasteiger partial charge in [-0.1, -0.05) is 23.4 Å². The number of aromatic hydroxyl groups is 2. The van der Waals surface area contributed by atoms with Crippen LogP contribution in [0.2, 0.25) is 0 Å². The highest BCUT2D eigenvalue weighted by molar-refractivity contribution is 6.00. The number of phenols is 2. The van der Waals surface area contributed by atoms with Crippen molar-refractivity contribution in [1.29, 1.82) is 0 Å². The molecule has 1 fully saturated rings. The molecular weight excluding hydrogens is 530 g/mol. The minimum atomic E-state index is -0.731. The number of piperidine rings is 1. The second-order valence-corrected chi connectivity index (χ2v) is 10.2. The van der Waals surface area contributed by atoms with Gasteiger partial charge in [0.2, 0.25) is 5.91 Å². The van der Waals surface area contributed by atoms with Crippen molar-refractivity contribution in [3.63, 3.8) is 0 Å². The van der Waals surface area contributed by atoms with Crippen LogP contribution < -0.4 is 5.32 Å². The van der Waals surface area contributed by atoms with Crippen LogP contribution in [0.1, 0.15) is 68.3 Å². The maximum Gasteiger partial charge on any atom is 0.342 e. The highest BCUT2D eigenvalue weighted by Crippen LogP contribution is 2.29. The molecule has 0 radical (unpaired) electrons. The van der Waals surface area contributed by atoms with Crippen LogP contribution in [0.15, 0.2) is 41.6 Å². The van der Waals surface area contributed by atoms with Gasteiger partial charge in [-0.2, -0.15) is 0 Å². The Morgan fingerprint density at radius 2 is 1.93 bits per heavy atom. The minimum Gasteiger partial charge on any atom is -0.508 e. The molecule has 0 saturated carbocycles. The number of likely N-dealkylation sites (tertiary alicyclic amines) is 1. The molecular formula is C30H41N3O8. The molecule has 1 unspecified atom stereocenters. The number of fused-ring (bicyclic) bond motifs is 1. The van der Waals surface area contributed by atoms with Crippen molar-refractivity contribution in [3.05, 3.63) is 47.6 Å². The number of ether oxygens (including phenoxy) is 2. The fourth-order valence-electron chi connectivity index (χ4n) is 4.59. The van der Waals surface area contributed by atoms with Gasteiger partial charge in [0.05, 0.1) is 11.8 Å². The van der Waals surface area contributed by atoms with Crippen LogP contribution in [-0.4, -0.2) is 83.7 Å². The quantitative estimate of drug-likeness (QED) is 0.186. The molecule has 2 amide bonds. The molecule has 41 heavy (non-hydrogen) atoms. The average Bonchev–Trinajstić information content (AvgIpc) is 2.91.